The molecule has 1 unspecified atom stereocenters. The summed E-state index contributed by atoms with van der Waals surface area (Å²) in [7, 11) is -3.64. The van der Waals surface area contributed by atoms with Crippen LogP contribution in [0.15, 0.2) is 41.3 Å². The Bertz CT molecular complexity index is 1030. The van der Waals surface area contributed by atoms with Crippen LogP contribution in [0, 0.1) is 20.8 Å². The Hall–Kier alpha value is -2.42. The van der Waals surface area contributed by atoms with Gasteiger partial charge in [-0.15, -0.1) is 0 Å². The molecule has 0 saturated carbocycles. The highest BCUT2D eigenvalue weighted by Crippen LogP contribution is 2.24. The number of hydrogen-bond donors (Lipinski definition) is 2. The van der Waals surface area contributed by atoms with Gasteiger partial charge >= 0.3 is 0 Å². The van der Waals surface area contributed by atoms with Crippen molar-refractivity contribution in [3.05, 3.63) is 53.1 Å². The highest BCUT2D eigenvalue weighted by Gasteiger charge is 2.28. The Morgan fingerprint density at radius 3 is 2.27 bits per heavy atom. The lowest BCUT2D eigenvalue weighted by atomic mass is 10.1. The third-order valence-corrected chi connectivity index (χ3v) is 7.37. The second-order valence-corrected chi connectivity index (χ2v) is 9.56. The van der Waals surface area contributed by atoms with E-state index < -0.39 is 16.1 Å². The molecule has 2 aromatic rings. The van der Waals surface area contributed by atoms with E-state index in [1.165, 1.54) is 15.9 Å². The van der Waals surface area contributed by atoms with Crippen molar-refractivity contribution in [3.8, 4) is 0 Å². The van der Waals surface area contributed by atoms with Crippen molar-refractivity contribution < 1.29 is 17.9 Å². The highest BCUT2D eigenvalue weighted by atomic mass is 32.2. The maximum absolute atomic E-state index is 13.0. The van der Waals surface area contributed by atoms with Gasteiger partial charge in [-0.05, 0) is 68.7 Å². The van der Waals surface area contributed by atoms with E-state index in [1.54, 1.807) is 26.0 Å². The van der Waals surface area contributed by atoms with Gasteiger partial charge in [-0.2, -0.15) is 4.31 Å². The van der Waals surface area contributed by atoms with Crippen molar-refractivity contribution in [2.45, 2.75) is 38.6 Å². The van der Waals surface area contributed by atoms with E-state index in [1.807, 2.05) is 32.0 Å². The number of ether oxygens (including phenoxy) is 1. The monoisotopic (exact) mass is 431 g/mol. The van der Waals surface area contributed by atoms with E-state index in [4.69, 9.17) is 4.74 Å². The number of carbonyl (C=O) groups is 1. The number of rotatable bonds is 6. The van der Waals surface area contributed by atoms with Crippen molar-refractivity contribution in [2.24, 2.45) is 0 Å². The summed E-state index contributed by atoms with van der Waals surface area (Å²) in [5, 5.41) is 6.01. The maximum atomic E-state index is 13.0. The fourth-order valence-corrected chi connectivity index (χ4v) is 4.94. The van der Waals surface area contributed by atoms with Crippen LogP contribution in [0.4, 0.5) is 11.4 Å². The predicted octanol–water partition coefficient (Wildman–Crippen LogP) is 3.07. The molecular formula is C22H29N3O4S. The molecule has 7 nitrogen and oxygen atoms in total. The predicted molar refractivity (Wildman–Crippen MR) is 118 cm³/mol. The van der Waals surface area contributed by atoms with E-state index in [-0.39, 0.29) is 10.8 Å². The highest BCUT2D eigenvalue weighted by molar-refractivity contribution is 7.89. The van der Waals surface area contributed by atoms with Gasteiger partial charge in [0.25, 0.3) is 0 Å². The molecule has 0 aliphatic carbocycles. The molecule has 0 aromatic heterocycles. The number of benzene rings is 2. The smallest absolute Gasteiger partial charge is 0.246 e. The minimum Gasteiger partial charge on any atom is -0.379 e. The number of sulfonamides is 1. The van der Waals surface area contributed by atoms with Crippen LogP contribution >= 0.6 is 0 Å². The second-order valence-electron chi connectivity index (χ2n) is 7.65. The number of morpholine rings is 1. The summed E-state index contributed by atoms with van der Waals surface area (Å²) in [5.74, 6) is -0.244. The first-order valence-electron chi connectivity index (χ1n) is 10.0. The molecule has 0 spiro atoms. The third kappa shape index (κ3) is 5.00. The van der Waals surface area contributed by atoms with Crippen LogP contribution in [0.2, 0.25) is 0 Å². The Morgan fingerprint density at radius 1 is 0.967 bits per heavy atom. The zero-order valence-corrected chi connectivity index (χ0v) is 18.7. The maximum Gasteiger partial charge on any atom is 0.246 e. The minimum atomic E-state index is -3.64. The molecule has 1 aliphatic rings. The van der Waals surface area contributed by atoms with Crippen LogP contribution in [0.25, 0.3) is 0 Å². The van der Waals surface area contributed by atoms with Gasteiger partial charge in [0.15, 0.2) is 0 Å². The standard InChI is InChI=1S/C22H29N3O4S/c1-15-5-7-19(13-17(15)3)23-18(4)22(26)24-20-8-6-16(2)21(14-20)30(27,28)25-9-11-29-12-10-25/h5-8,13-14,18,23H,9-12H2,1-4H3,(H,24,26). The van der Waals surface area contributed by atoms with E-state index in [2.05, 4.69) is 10.6 Å². The average Bonchev–Trinajstić information content (AvgIpc) is 2.72. The number of hydrogen-bond acceptors (Lipinski definition) is 5. The summed E-state index contributed by atoms with van der Waals surface area (Å²) in [5.41, 5.74) is 4.28. The third-order valence-electron chi connectivity index (χ3n) is 5.33. The SMILES string of the molecule is Cc1ccc(NC(C)C(=O)Nc2ccc(C)c(S(=O)(=O)N3CCOCC3)c2)cc1C. The first-order valence-corrected chi connectivity index (χ1v) is 11.5. The number of nitrogens with zero attached hydrogens (tertiary/aromatic N) is 1. The zero-order chi connectivity index (χ0) is 21.9. The molecule has 2 N–H and O–H groups in total. The molecule has 8 heteroatoms. The van der Waals surface area contributed by atoms with Crippen LogP contribution in [0.3, 0.4) is 0 Å². The molecule has 1 saturated heterocycles. The van der Waals surface area contributed by atoms with Gasteiger partial charge in [0.2, 0.25) is 15.9 Å². The molecule has 2 aromatic carbocycles. The van der Waals surface area contributed by atoms with Crippen LogP contribution in [-0.2, 0) is 19.6 Å². The van der Waals surface area contributed by atoms with Gasteiger partial charge < -0.3 is 15.4 Å². The summed E-state index contributed by atoms with van der Waals surface area (Å²) in [4.78, 5) is 12.9. The fourth-order valence-electron chi connectivity index (χ4n) is 3.28. The number of carbonyl (C=O) groups excluding carboxylic acids is 1. The quantitative estimate of drug-likeness (QED) is 0.734. The lowest BCUT2D eigenvalue weighted by Gasteiger charge is -2.27. The topological polar surface area (TPSA) is 87.7 Å². The molecule has 30 heavy (non-hydrogen) atoms. The molecule has 1 heterocycles. The average molecular weight is 432 g/mol. The van der Waals surface area contributed by atoms with Gasteiger partial charge in [-0.1, -0.05) is 12.1 Å². The van der Waals surface area contributed by atoms with Crippen molar-refractivity contribution in [3.63, 3.8) is 0 Å². The molecule has 1 fully saturated rings. The summed E-state index contributed by atoms with van der Waals surface area (Å²) in [6.45, 7) is 9.01. The second kappa shape index (κ2) is 9.16. The Labute approximate surface area is 178 Å². The molecule has 3 rings (SSSR count). The largest absolute Gasteiger partial charge is 0.379 e. The van der Waals surface area contributed by atoms with E-state index >= 15 is 0 Å². The summed E-state index contributed by atoms with van der Waals surface area (Å²) >= 11 is 0. The lowest BCUT2D eigenvalue weighted by Crippen LogP contribution is -2.40. The minimum absolute atomic E-state index is 0.206. The Morgan fingerprint density at radius 2 is 1.60 bits per heavy atom. The van der Waals surface area contributed by atoms with Crippen molar-refractivity contribution in [2.75, 3.05) is 36.9 Å². The molecule has 162 valence electrons. The lowest BCUT2D eigenvalue weighted by molar-refractivity contribution is -0.116. The molecule has 0 radical (unpaired) electrons. The Balaban J connectivity index is 1.74. The van der Waals surface area contributed by atoms with Gasteiger partial charge in [-0.25, -0.2) is 8.42 Å². The van der Waals surface area contributed by atoms with Gasteiger partial charge in [0, 0.05) is 24.5 Å². The number of aryl methyl sites for hydroxylation is 3. The van der Waals surface area contributed by atoms with Crippen molar-refractivity contribution in [1.29, 1.82) is 0 Å². The van der Waals surface area contributed by atoms with Crippen molar-refractivity contribution >= 4 is 27.3 Å². The summed E-state index contributed by atoms with van der Waals surface area (Å²) in [6.07, 6.45) is 0. The van der Waals surface area contributed by atoms with E-state index in [0.717, 1.165) is 11.3 Å². The zero-order valence-electron chi connectivity index (χ0n) is 17.9. The van der Waals surface area contributed by atoms with E-state index in [9.17, 15) is 13.2 Å². The number of nitrogens with one attached hydrogen (secondary N) is 2. The summed E-state index contributed by atoms with van der Waals surface area (Å²) < 4.78 is 32.7. The fraction of sp³-hybridized carbons (Fsp3) is 0.409. The molecule has 1 amide bonds. The normalized spacial score (nSPS) is 16.1. The molecule has 1 aliphatic heterocycles. The number of amides is 1. The first kappa shape index (κ1) is 22.3. The Kier molecular flexibility index (Phi) is 6.80. The van der Waals surface area contributed by atoms with Crippen LogP contribution < -0.4 is 10.6 Å². The first-order chi connectivity index (χ1) is 14.2. The van der Waals surface area contributed by atoms with Crippen LogP contribution in [0.5, 0.6) is 0 Å². The van der Waals surface area contributed by atoms with Gasteiger partial charge in [0.05, 0.1) is 18.1 Å². The molecular weight excluding hydrogens is 402 g/mol. The molecule has 1 atom stereocenters. The molecule has 0 bridgehead atoms. The van der Waals surface area contributed by atoms with Crippen LogP contribution in [-0.4, -0.2) is 51.0 Å². The van der Waals surface area contributed by atoms with E-state index in [0.29, 0.717) is 37.6 Å². The number of anilines is 2. The van der Waals surface area contributed by atoms with Crippen LogP contribution in [0.1, 0.15) is 23.6 Å². The van der Waals surface area contributed by atoms with Gasteiger partial charge in [0.1, 0.15) is 6.04 Å². The summed E-state index contributed by atoms with van der Waals surface area (Å²) in [6, 6.07) is 10.4. The van der Waals surface area contributed by atoms with Gasteiger partial charge in [-0.3, -0.25) is 4.79 Å². The van der Waals surface area contributed by atoms with Crippen molar-refractivity contribution in [1.82, 2.24) is 4.31 Å².